The normalized spacial score (nSPS) is 12.7. The van der Waals surface area contributed by atoms with Crippen LogP contribution in [0, 0.1) is 0 Å². The molecule has 0 bridgehead atoms. The summed E-state index contributed by atoms with van der Waals surface area (Å²) in [4.78, 5) is 56.5. The monoisotopic (exact) mass is 377 g/mol. The van der Waals surface area contributed by atoms with Crippen LogP contribution in [-0.2, 0) is 24.0 Å². The predicted octanol–water partition coefficient (Wildman–Crippen LogP) is -1.08. The van der Waals surface area contributed by atoms with Gasteiger partial charge in [-0.15, -0.1) is 0 Å². The Morgan fingerprint density at radius 3 is 2.28 bits per heavy atom. The van der Waals surface area contributed by atoms with Crippen molar-refractivity contribution in [2.75, 3.05) is 12.3 Å². The molecule has 0 rings (SSSR count). The highest BCUT2D eigenvalue weighted by atomic mass is 32.2. The van der Waals surface area contributed by atoms with Gasteiger partial charge in [0.1, 0.15) is 18.6 Å². The molecule has 6 N–H and O–H groups in total. The van der Waals surface area contributed by atoms with Gasteiger partial charge in [-0.05, 0) is 12.8 Å². The highest BCUT2D eigenvalue weighted by Gasteiger charge is 2.23. The number of carbonyl (C=O) groups excluding carboxylic acids is 3. The van der Waals surface area contributed by atoms with E-state index in [-0.39, 0.29) is 23.7 Å². The van der Waals surface area contributed by atoms with Crippen molar-refractivity contribution >= 4 is 40.6 Å². The number of carbonyl (C=O) groups is 5. The maximum atomic E-state index is 12.0. The van der Waals surface area contributed by atoms with Crippen molar-refractivity contribution in [3.05, 3.63) is 0 Å². The van der Waals surface area contributed by atoms with E-state index >= 15 is 0 Å². The molecular weight excluding hydrogens is 354 g/mol. The van der Waals surface area contributed by atoms with Gasteiger partial charge in [0, 0.05) is 18.6 Å². The molecule has 0 fully saturated rings. The molecule has 0 radical (unpaired) electrons. The number of carboxylic acid groups (broad SMARTS) is 2. The molecule has 2 unspecified atom stereocenters. The van der Waals surface area contributed by atoms with Crippen molar-refractivity contribution < 1.29 is 34.2 Å². The van der Waals surface area contributed by atoms with Gasteiger partial charge in [-0.1, -0.05) is 18.7 Å². The average Bonchev–Trinajstić information content (AvgIpc) is 2.54. The Labute approximate surface area is 148 Å². The zero-order chi connectivity index (χ0) is 19.4. The van der Waals surface area contributed by atoms with Crippen LogP contribution >= 0.6 is 11.8 Å². The zero-order valence-electron chi connectivity index (χ0n) is 13.8. The van der Waals surface area contributed by atoms with Crippen LogP contribution in [0.25, 0.3) is 0 Å². The van der Waals surface area contributed by atoms with Crippen molar-refractivity contribution in [2.45, 2.75) is 44.7 Å². The van der Waals surface area contributed by atoms with Gasteiger partial charge in [-0.25, -0.2) is 0 Å². The van der Waals surface area contributed by atoms with Gasteiger partial charge in [0.05, 0.1) is 0 Å². The molecule has 0 saturated heterocycles. The third-order valence-electron chi connectivity index (χ3n) is 2.93. The van der Waals surface area contributed by atoms with E-state index in [4.69, 9.17) is 15.9 Å². The maximum Gasteiger partial charge on any atom is 0.322 e. The first-order valence-electron chi connectivity index (χ1n) is 7.60. The molecule has 0 aliphatic rings. The van der Waals surface area contributed by atoms with Crippen molar-refractivity contribution in [1.29, 1.82) is 0 Å². The molecule has 0 aromatic rings. The fourth-order valence-electron chi connectivity index (χ4n) is 1.60. The third-order valence-corrected chi connectivity index (χ3v) is 3.96. The topological polar surface area (TPSA) is 176 Å². The van der Waals surface area contributed by atoms with E-state index in [0.29, 0.717) is 12.8 Å². The zero-order valence-corrected chi connectivity index (χ0v) is 14.6. The van der Waals surface area contributed by atoms with E-state index in [1.54, 1.807) is 0 Å². The molecule has 10 nitrogen and oxygen atoms in total. The lowest BCUT2D eigenvalue weighted by Crippen LogP contribution is -2.49. The molecule has 0 aromatic carbocycles. The number of thioether (sulfide) groups is 1. The molecule has 142 valence electrons. The van der Waals surface area contributed by atoms with Crippen molar-refractivity contribution in [3.8, 4) is 0 Å². The Morgan fingerprint density at radius 1 is 1.12 bits per heavy atom. The van der Waals surface area contributed by atoms with Crippen LogP contribution in [-0.4, -0.2) is 63.5 Å². The SMILES string of the molecule is CCCC(=O)SCC(NC(=O)CCC(N)C(=O)O)C(=O)NCC(=O)O. The number of nitrogens with one attached hydrogen (secondary N) is 2. The minimum absolute atomic E-state index is 0.0546. The maximum absolute atomic E-state index is 12.0. The summed E-state index contributed by atoms with van der Waals surface area (Å²) in [7, 11) is 0. The summed E-state index contributed by atoms with van der Waals surface area (Å²) in [5.74, 6) is -3.91. The summed E-state index contributed by atoms with van der Waals surface area (Å²) >= 11 is 0.862. The lowest BCUT2D eigenvalue weighted by Gasteiger charge is -2.17. The van der Waals surface area contributed by atoms with Crippen LogP contribution in [0.2, 0.25) is 0 Å². The molecular formula is C14H23N3O7S. The van der Waals surface area contributed by atoms with Crippen LogP contribution in [0.3, 0.4) is 0 Å². The standard InChI is InChI=1S/C14H23N3O7S/c1-2-3-12(21)25-7-9(13(22)16-6-11(19)20)17-10(18)5-4-8(15)14(23)24/h8-9H,2-7,15H2,1H3,(H,16,22)(H,17,18)(H,19,20)(H,23,24). The van der Waals surface area contributed by atoms with E-state index < -0.39 is 42.4 Å². The van der Waals surface area contributed by atoms with Gasteiger partial charge in [-0.3, -0.25) is 24.0 Å². The fraction of sp³-hybridized carbons (Fsp3) is 0.643. The second-order valence-electron chi connectivity index (χ2n) is 5.15. The van der Waals surface area contributed by atoms with E-state index in [0.717, 1.165) is 11.8 Å². The first-order valence-corrected chi connectivity index (χ1v) is 8.58. The Hall–Kier alpha value is -2.14. The summed E-state index contributed by atoms with van der Waals surface area (Å²) < 4.78 is 0. The number of hydrogen-bond donors (Lipinski definition) is 5. The minimum atomic E-state index is -1.25. The van der Waals surface area contributed by atoms with Crippen LogP contribution < -0.4 is 16.4 Å². The number of hydrogen-bond acceptors (Lipinski definition) is 7. The number of aliphatic carboxylic acids is 2. The van der Waals surface area contributed by atoms with Gasteiger partial charge < -0.3 is 26.6 Å². The smallest absolute Gasteiger partial charge is 0.322 e. The van der Waals surface area contributed by atoms with Crippen LogP contribution in [0.15, 0.2) is 0 Å². The largest absolute Gasteiger partial charge is 0.480 e. The molecule has 2 atom stereocenters. The summed E-state index contributed by atoms with van der Waals surface area (Å²) in [6.45, 7) is 1.20. The van der Waals surface area contributed by atoms with E-state index in [2.05, 4.69) is 10.6 Å². The number of nitrogens with two attached hydrogens (primary N) is 1. The van der Waals surface area contributed by atoms with E-state index in [9.17, 15) is 24.0 Å². The van der Waals surface area contributed by atoms with Gasteiger partial charge in [0.25, 0.3) is 0 Å². The second kappa shape index (κ2) is 12.3. The first kappa shape index (κ1) is 22.9. The Balaban J connectivity index is 4.66. The number of amides is 2. The summed E-state index contributed by atoms with van der Waals surface area (Å²) in [5, 5.41) is 21.6. The van der Waals surface area contributed by atoms with Gasteiger partial charge in [-0.2, -0.15) is 0 Å². The molecule has 2 amide bonds. The van der Waals surface area contributed by atoms with E-state index in [1.165, 1.54) is 0 Å². The minimum Gasteiger partial charge on any atom is -0.480 e. The molecule has 0 spiro atoms. The highest BCUT2D eigenvalue weighted by Crippen LogP contribution is 2.10. The van der Waals surface area contributed by atoms with Crippen molar-refractivity contribution in [2.24, 2.45) is 5.73 Å². The quantitative estimate of drug-likeness (QED) is 0.283. The van der Waals surface area contributed by atoms with E-state index in [1.807, 2.05) is 6.92 Å². The van der Waals surface area contributed by atoms with Crippen LogP contribution in [0.5, 0.6) is 0 Å². The Kier molecular flexibility index (Phi) is 11.2. The van der Waals surface area contributed by atoms with Crippen LogP contribution in [0.4, 0.5) is 0 Å². The number of rotatable bonds is 12. The van der Waals surface area contributed by atoms with Crippen molar-refractivity contribution in [1.82, 2.24) is 10.6 Å². The lowest BCUT2D eigenvalue weighted by molar-refractivity contribution is -0.139. The van der Waals surface area contributed by atoms with Gasteiger partial charge in [0.2, 0.25) is 11.8 Å². The second-order valence-corrected chi connectivity index (χ2v) is 6.23. The lowest BCUT2D eigenvalue weighted by atomic mass is 10.1. The Morgan fingerprint density at radius 2 is 1.76 bits per heavy atom. The molecule has 11 heteroatoms. The van der Waals surface area contributed by atoms with Crippen molar-refractivity contribution in [3.63, 3.8) is 0 Å². The third kappa shape index (κ3) is 11.1. The highest BCUT2D eigenvalue weighted by molar-refractivity contribution is 8.13. The fourth-order valence-corrected chi connectivity index (χ4v) is 2.53. The summed E-state index contributed by atoms with van der Waals surface area (Å²) in [5.41, 5.74) is 5.30. The first-order chi connectivity index (χ1) is 11.7. The molecule has 25 heavy (non-hydrogen) atoms. The van der Waals surface area contributed by atoms with Gasteiger partial charge >= 0.3 is 11.9 Å². The van der Waals surface area contributed by atoms with Crippen LogP contribution in [0.1, 0.15) is 32.6 Å². The predicted molar refractivity (Wildman–Crippen MR) is 89.8 cm³/mol. The molecule has 0 saturated carbocycles. The average molecular weight is 377 g/mol. The summed E-state index contributed by atoms with van der Waals surface area (Å²) in [6, 6.07) is -2.32. The van der Waals surface area contributed by atoms with Gasteiger partial charge in [0.15, 0.2) is 5.12 Å². The molecule has 0 aliphatic heterocycles. The molecule has 0 aliphatic carbocycles. The molecule has 0 aromatic heterocycles. The number of carboxylic acids is 2. The Bertz CT molecular complexity index is 513. The summed E-state index contributed by atoms with van der Waals surface area (Å²) in [6.07, 6.45) is 0.618. The molecule has 0 heterocycles.